The molecule has 3 fully saturated rings. The molecule has 7 nitrogen and oxygen atoms in total. The monoisotopic (exact) mass is 389 g/mol. The highest BCUT2D eigenvalue weighted by Gasteiger charge is 2.60. The SMILES string of the molecule is CCCCc1ccc(N2C[C@]3(OCC2=O)OC[C@H]2OC(C)(C)O[C@H]2C3=O)cc1. The van der Waals surface area contributed by atoms with Crippen LogP contribution in [0.5, 0.6) is 0 Å². The fourth-order valence-corrected chi connectivity index (χ4v) is 3.98. The molecule has 0 bridgehead atoms. The van der Waals surface area contributed by atoms with Crippen molar-refractivity contribution in [2.24, 2.45) is 0 Å². The average molecular weight is 389 g/mol. The van der Waals surface area contributed by atoms with E-state index in [1.165, 1.54) is 5.56 Å². The number of nitrogens with zero attached hydrogens (tertiary/aromatic N) is 1. The second-order valence-electron chi connectivity index (χ2n) is 8.06. The number of amides is 1. The Morgan fingerprint density at radius 2 is 1.86 bits per heavy atom. The number of benzene rings is 1. The van der Waals surface area contributed by atoms with Crippen LogP contribution in [-0.4, -0.2) is 55.2 Å². The number of anilines is 1. The summed E-state index contributed by atoms with van der Waals surface area (Å²) in [6.45, 7) is 5.66. The molecule has 1 aromatic rings. The standard InChI is InChI=1S/C21H27NO6/c1-4-5-6-14-7-9-15(10-8-14)22-13-21(26-12-17(22)23)19(24)18-16(11-25-21)27-20(2,3)28-18/h7-10,16,18H,4-6,11-13H2,1-3H3/t16-,18-,21-/m1/s1. The number of aryl methyl sites for hydroxylation is 1. The van der Waals surface area contributed by atoms with Crippen molar-refractivity contribution in [1.29, 1.82) is 0 Å². The average Bonchev–Trinajstić information content (AvgIpc) is 3.00. The summed E-state index contributed by atoms with van der Waals surface area (Å²) in [5, 5.41) is 0. The molecule has 0 aliphatic carbocycles. The molecule has 0 radical (unpaired) electrons. The number of hydrogen-bond acceptors (Lipinski definition) is 6. The Labute approximate surface area is 164 Å². The van der Waals surface area contributed by atoms with Crippen molar-refractivity contribution >= 4 is 17.4 Å². The van der Waals surface area contributed by atoms with Crippen LogP contribution < -0.4 is 4.90 Å². The number of hydrogen-bond donors (Lipinski definition) is 0. The van der Waals surface area contributed by atoms with E-state index in [4.69, 9.17) is 18.9 Å². The lowest BCUT2D eigenvalue weighted by atomic mass is 9.96. The molecule has 1 amide bonds. The van der Waals surface area contributed by atoms with Crippen LogP contribution >= 0.6 is 0 Å². The molecular weight excluding hydrogens is 362 g/mol. The van der Waals surface area contributed by atoms with Gasteiger partial charge in [-0.2, -0.15) is 0 Å². The van der Waals surface area contributed by atoms with Gasteiger partial charge < -0.3 is 23.8 Å². The van der Waals surface area contributed by atoms with Crippen molar-refractivity contribution in [1.82, 2.24) is 0 Å². The Kier molecular flexibility index (Phi) is 5.03. The number of carbonyl (C=O) groups is 2. The summed E-state index contributed by atoms with van der Waals surface area (Å²) in [5.41, 5.74) is 1.96. The Morgan fingerprint density at radius 1 is 1.11 bits per heavy atom. The van der Waals surface area contributed by atoms with E-state index in [0.29, 0.717) is 0 Å². The van der Waals surface area contributed by atoms with E-state index < -0.39 is 23.8 Å². The molecule has 0 N–H and O–H groups in total. The van der Waals surface area contributed by atoms with Crippen LogP contribution in [-0.2, 0) is 35.0 Å². The third kappa shape index (κ3) is 3.48. The van der Waals surface area contributed by atoms with Crippen molar-refractivity contribution in [2.75, 3.05) is 24.7 Å². The number of rotatable bonds is 4. The Bertz CT molecular complexity index is 761. The van der Waals surface area contributed by atoms with Crippen molar-refractivity contribution in [3.8, 4) is 0 Å². The summed E-state index contributed by atoms with van der Waals surface area (Å²) in [6, 6.07) is 7.87. The molecule has 7 heteroatoms. The number of unbranched alkanes of at least 4 members (excludes halogenated alkanes) is 1. The van der Waals surface area contributed by atoms with Crippen LogP contribution in [0.25, 0.3) is 0 Å². The molecule has 0 unspecified atom stereocenters. The summed E-state index contributed by atoms with van der Waals surface area (Å²) in [7, 11) is 0. The van der Waals surface area contributed by atoms with Crippen LogP contribution in [0.3, 0.4) is 0 Å². The normalized spacial score (nSPS) is 32.0. The lowest BCUT2D eigenvalue weighted by Crippen LogP contribution is -2.67. The van der Waals surface area contributed by atoms with E-state index in [1.807, 2.05) is 24.3 Å². The summed E-state index contributed by atoms with van der Waals surface area (Å²) in [6.07, 6.45) is 2.06. The van der Waals surface area contributed by atoms with Gasteiger partial charge in [0.15, 0.2) is 11.9 Å². The molecule has 0 aromatic heterocycles. The zero-order valence-corrected chi connectivity index (χ0v) is 16.6. The van der Waals surface area contributed by atoms with Gasteiger partial charge in [0.05, 0.1) is 13.2 Å². The van der Waals surface area contributed by atoms with Gasteiger partial charge in [0.2, 0.25) is 5.78 Å². The number of fused-ring (bicyclic) bond motifs is 1. The lowest BCUT2D eigenvalue weighted by molar-refractivity contribution is -0.254. The van der Waals surface area contributed by atoms with Gasteiger partial charge in [0.1, 0.15) is 12.7 Å². The Morgan fingerprint density at radius 3 is 2.57 bits per heavy atom. The molecule has 3 aliphatic rings. The van der Waals surface area contributed by atoms with Crippen molar-refractivity contribution in [3.05, 3.63) is 29.8 Å². The smallest absolute Gasteiger partial charge is 0.253 e. The highest BCUT2D eigenvalue weighted by atomic mass is 16.8. The maximum absolute atomic E-state index is 13.1. The van der Waals surface area contributed by atoms with E-state index in [9.17, 15) is 9.59 Å². The van der Waals surface area contributed by atoms with E-state index in [-0.39, 0.29) is 31.4 Å². The van der Waals surface area contributed by atoms with Gasteiger partial charge in [-0.1, -0.05) is 25.5 Å². The molecule has 3 saturated heterocycles. The van der Waals surface area contributed by atoms with Gasteiger partial charge >= 0.3 is 0 Å². The number of ether oxygens (including phenoxy) is 4. The highest BCUT2D eigenvalue weighted by Crippen LogP contribution is 2.38. The van der Waals surface area contributed by atoms with Gasteiger partial charge in [-0.25, -0.2) is 0 Å². The van der Waals surface area contributed by atoms with Crippen LogP contribution in [0.15, 0.2) is 24.3 Å². The fraction of sp³-hybridized carbons (Fsp3) is 0.619. The molecule has 3 heterocycles. The quantitative estimate of drug-likeness (QED) is 0.786. The van der Waals surface area contributed by atoms with Gasteiger partial charge in [-0.15, -0.1) is 0 Å². The molecule has 152 valence electrons. The first kappa shape index (κ1) is 19.5. The Balaban J connectivity index is 1.53. The third-order valence-electron chi connectivity index (χ3n) is 5.46. The van der Waals surface area contributed by atoms with Crippen molar-refractivity contribution < 1.29 is 28.5 Å². The minimum atomic E-state index is -1.51. The first-order valence-corrected chi connectivity index (χ1v) is 9.91. The van der Waals surface area contributed by atoms with Crippen LogP contribution in [0.2, 0.25) is 0 Å². The minimum absolute atomic E-state index is 0.00593. The van der Waals surface area contributed by atoms with Crippen LogP contribution in [0.4, 0.5) is 5.69 Å². The third-order valence-corrected chi connectivity index (χ3v) is 5.46. The maximum Gasteiger partial charge on any atom is 0.253 e. The molecule has 3 aliphatic heterocycles. The molecule has 28 heavy (non-hydrogen) atoms. The highest BCUT2D eigenvalue weighted by molar-refractivity contribution is 5.99. The summed E-state index contributed by atoms with van der Waals surface area (Å²) >= 11 is 0. The van der Waals surface area contributed by atoms with Gasteiger partial charge in [-0.05, 0) is 44.4 Å². The van der Waals surface area contributed by atoms with E-state index >= 15 is 0 Å². The van der Waals surface area contributed by atoms with Gasteiger partial charge in [-0.3, -0.25) is 9.59 Å². The second kappa shape index (κ2) is 7.22. The topological polar surface area (TPSA) is 74.3 Å². The fourth-order valence-electron chi connectivity index (χ4n) is 3.98. The number of morpholine rings is 1. The van der Waals surface area contributed by atoms with Gasteiger partial charge in [0.25, 0.3) is 11.7 Å². The Hall–Kier alpha value is -1.80. The van der Waals surface area contributed by atoms with Gasteiger partial charge in [0, 0.05) is 5.69 Å². The zero-order chi connectivity index (χ0) is 19.9. The number of Topliss-reactive ketones (excluding diaryl/α,β-unsaturated/α-hetero) is 1. The summed E-state index contributed by atoms with van der Waals surface area (Å²) in [5.74, 6) is -2.89. The molecule has 1 aromatic carbocycles. The summed E-state index contributed by atoms with van der Waals surface area (Å²) in [4.78, 5) is 27.2. The van der Waals surface area contributed by atoms with Crippen molar-refractivity contribution in [3.63, 3.8) is 0 Å². The van der Waals surface area contributed by atoms with E-state index in [1.54, 1.807) is 18.7 Å². The van der Waals surface area contributed by atoms with Crippen molar-refractivity contribution in [2.45, 2.75) is 63.8 Å². The molecular formula is C21H27NO6. The maximum atomic E-state index is 13.1. The molecule has 4 rings (SSSR count). The molecule has 0 saturated carbocycles. The summed E-state index contributed by atoms with van der Waals surface area (Å²) < 4.78 is 23.0. The second-order valence-corrected chi connectivity index (χ2v) is 8.06. The predicted octanol–water partition coefficient (Wildman–Crippen LogP) is 2.21. The first-order chi connectivity index (χ1) is 13.3. The lowest BCUT2D eigenvalue weighted by Gasteiger charge is -2.44. The number of carbonyl (C=O) groups excluding carboxylic acids is 2. The van der Waals surface area contributed by atoms with Crippen LogP contribution in [0, 0.1) is 0 Å². The predicted molar refractivity (Wildman–Crippen MR) is 101 cm³/mol. The first-order valence-electron chi connectivity index (χ1n) is 9.91. The number of ketones is 1. The zero-order valence-electron chi connectivity index (χ0n) is 16.6. The molecule has 1 spiro atoms. The molecule has 3 atom stereocenters. The minimum Gasteiger partial charge on any atom is -0.342 e. The van der Waals surface area contributed by atoms with E-state index in [0.717, 1.165) is 24.9 Å². The largest absolute Gasteiger partial charge is 0.342 e. The van der Waals surface area contributed by atoms with E-state index in [2.05, 4.69) is 6.92 Å². The van der Waals surface area contributed by atoms with Crippen LogP contribution in [0.1, 0.15) is 39.2 Å².